The van der Waals surface area contributed by atoms with Gasteiger partial charge in [-0.05, 0) is 12.8 Å². The van der Waals surface area contributed by atoms with Crippen LogP contribution in [0.5, 0.6) is 0 Å². The molecule has 0 aromatic rings. The lowest BCUT2D eigenvalue weighted by Gasteiger charge is -2.20. The maximum Gasteiger partial charge on any atom is 0.239 e. The van der Waals surface area contributed by atoms with E-state index in [1.807, 2.05) is 7.05 Å². The molecule has 2 N–H and O–H groups in total. The van der Waals surface area contributed by atoms with Gasteiger partial charge >= 0.3 is 0 Å². The van der Waals surface area contributed by atoms with Crippen LogP contribution in [-0.2, 0) is 4.79 Å². The maximum absolute atomic E-state index is 11.7. The SMILES string of the molecule is CCCCN(C)C(=O)C1CC(O)CN1. The molecule has 1 heterocycles. The van der Waals surface area contributed by atoms with Gasteiger partial charge in [-0.2, -0.15) is 0 Å². The van der Waals surface area contributed by atoms with Gasteiger partial charge in [0.2, 0.25) is 5.91 Å². The number of unbranched alkanes of at least 4 members (excludes halogenated alkanes) is 1. The molecule has 0 radical (unpaired) electrons. The molecule has 0 spiro atoms. The van der Waals surface area contributed by atoms with Crippen LogP contribution in [0.15, 0.2) is 0 Å². The molecule has 1 rings (SSSR count). The van der Waals surface area contributed by atoms with Crippen molar-refractivity contribution in [2.45, 2.75) is 38.3 Å². The monoisotopic (exact) mass is 200 g/mol. The summed E-state index contributed by atoms with van der Waals surface area (Å²) in [5.74, 6) is 0.106. The minimum Gasteiger partial charge on any atom is -0.392 e. The Morgan fingerprint density at radius 2 is 2.36 bits per heavy atom. The normalized spacial score (nSPS) is 26.5. The lowest BCUT2D eigenvalue weighted by atomic mass is 10.2. The summed E-state index contributed by atoms with van der Waals surface area (Å²) in [7, 11) is 1.82. The van der Waals surface area contributed by atoms with Crippen LogP contribution in [0.25, 0.3) is 0 Å². The second-order valence-electron chi connectivity index (χ2n) is 3.96. The van der Waals surface area contributed by atoms with Gasteiger partial charge in [0.1, 0.15) is 0 Å². The van der Waals surface area contributed by atoms with Crippen molar-refractivity contribution in [2.75, 3.05) is 20.1 Å². The molecule has 0 bridgehead atoms. The van der Waals surface area contributed by atoms with Crippen molar-refractivity contribution >= 4 is 5.91 Å². The average Bonchev–Trinajstić information content (AvgIpc) is 2.60. The van der Waals surface area contributed by atoms with Gasteiger partial charge in [-0.15, -0.1) is 0 Å². The fourth-order valence-electron chi connectivity index (χ4n) is 1.68. The molecule has 1 amide bonds. The summed E-state index contributed by atoms with van der Waals surface area (Å²) in [4.78, 5) is 13.5. The molecule has 0 aliphatic carbocycles. The van der Waals surface area contributed by atoms with Gasteiger partial charge in [-0.25, -0.2) is 0 Å². The topological polar surface area (TPSA) is 52.6 Å². The van der Waals surface area contributed by atoms with E-state index in [9.17, 15) is 9.90 Å². The first-order chi connectivity index (χ1) is 6.65. The zero-order valence-corrected chi connectivity index (χ0v) is 8.99. The van der Waals surface area contributed by atoms with Crippen LogP contribution >= 0.6 is 0 Å². The number of amides is 1. The van der Waals surface area contributed by atoms with E-state index in [0.29, 0.717) is 13.0 Å². The number of β-amino-alcohol motifs (C(OH)–C–C–N with tert-alkyl or cyclic N) is 1. The minimum atomic E-state index is -0.358. The van der Waals surface area contributed by atoms with Gasteiger partial charge in [-0.3, -0.25) is 4.79 Å². The Morgan fingerprint density at radius 3 is 2.86 bits per heavy atom. The minimum absolute atomic E-state index is 0.106. The summed E-state index contributed by atoms with van der Waals surface area (Å²) < 4.78 is 0. The van der Waals surface area contributed by atoms with E-state index in [1.54, 1.807) is 4.90 Å². The average molecular weight is 200 g/mol. The molecule has 1 saturated heterocycles. The first kappa shape index (κ1) is 11.5. The van der Waals surface area contributed by atoms with Gasteiger partial charge in [0.15, 0.2) is 0 Å². The van der Waals surface area contributed by atoms with Crippen LogP contribution in [0.1, 0.15) is 26.2 Å². The van der Waals surface area contributed by atoms with Crippen molar-refractivity contribution in [1.29, 1.82) is 0 Å². The molecule has 1 fully saturated rings. The molecule has 4 heteroatoms. The highest BCUT2D eigenvalue weighted by atomic mass is 16.3. The fourth-order valence-corrected chi connectivity index (χ4v) is 1.68. The molecule has 0 saturated carbocycles. The first-order valence-electron chi connectivity index (χ1n) is 5.31. The molecule has 0 aromatic heterocycles. The number of aliphatic hydroxyl groups excluding tert-OH is 1. The molecule has 2 atom stereocenters. The Labute approximate surface area is 85.3 Å². The molecule has 1 aliphatic heterocycles. The Morgan fingerprint density at radius 1 is 1.64 bits per heavy atom. The smallest absolute Gasteiger partial charge is 0.239 e. The number of carbonyl (C=O) groups excluding carboxylic acids is 1. The maximum atomic E-state index is 11.7. The van der Waals surface area contributed by atoms with E-state index in [-0.39, 0.29) is 18.1 Å². The number of nitrogens with one attached hydrogen (secondary N) is 1. The Kier molecular flexibility index (Phi) is 4.35. The summed E-state index contributed by atoms with van der Waals surface area (Å²) in [5, 5.41) is 12.3. The van der Waals surface area contributed by atoms with Crippen LogP contribution in [-0.4, -0.2) is 48.2 Å². The van der Waals surface area contributed by atoms with Crippen molar-refractivity contribution in [3.63, 3.8) is 0 Å². The van der Waals surface area contributed by atoms with Crippen molar-refractivity contribution in [3.05, 3.63) is 0 Å². The molecule has 2 unspecified atom stereocenters. The number of hydrogen-bond donors (Lipinski definition) is 2. The summed E-state index contributed by atoms with van der Waals surface area (Å²) in [6.45, 7) is 3.46. The third-order valence-corrected chi connectivity index (χ3v) is 2.63. The molecule has 82 valence electrons. The number of nitrogens with zero attached hydrogens (tertiary/aromatic N) is 1. The van der Waals surface area contributed by atoms with Gasteiger partial charge < -0.3 is 15.3 Å². The van der Waals surface area contributed by atoms with Gasteiger partial charge in [0.25, 0.3) is 0 Å². The van der Waals surface area contributed by atoms with Crippen molar-refractivity contribution < 1.29 is 9.90 Å². The van der Waals surface area contributed by atoms with Gasteiger partial charge in [0.05, 0.1) is 12.1 Å². The van der Waals surface area contributed by atoms with Crippen LogP contribution in [0.2, 0.25) is 0 Å². The van der Waals surface area contributed by atoms with Crippen molar-refractivity contribution in [3.8, 4) is 0 Å². The largest absolute Gasteiger partial charge is 0.392 e. The molecular weight excluding hydrogens is 180 g/mol. The number of aliphatic hydroxyl groups is 1. The number of rotatable bonds is 4. The zero-order valence-electron chi connectivity index (χ0n) is 8.99. The van der Waals surface area contributed by atoms with Crippen molar-refractivity contribution in [1.82, 2.24) is 10.2 Å². The number of likely N-dealkylation sites (N-methyl/N-ethyl adjacent to an activating group) is 1. The van der Waals surface area contributed by atoms with Crippen LogP contribution in [0, 0.1) is 0 Å². The quantitative estimate of drug-likeness (QED) is 0.670. The molecule has 4 nitrogen and oxygen atoms in total. The Balaban J connectivity index is 2.32. The highest BCUT2D eigenvalue weighted by Crippen LogP contribution is 2.09. The molecule has 0 aromatic carbocycles. The van der Waals surface area contributed by atoms with E-state index in [4.69, 9.17) is 0 Å². The second-order valence-corrected chi connectivity index (χ2v) is 3.96. The molecular formula is C10H20N2O2. The van der Waals surface area contributed by atoms with Crippen LogP contribution in [0.4, 0.5) is 0 Å². The lowest BCUT2D eigenvalue weighted by molar-refractivity contribution is -0.131. The molecule has 14 heavy (non-hydrogen) atoms. The van der Waals surface area contributed by atoms with E-state index in [0.717, 1.165) is 19.4 Å². The highest BCUT2D eigenvalue weighted by molar-refractivity contribution is 5.82. The predicted molar refractivity (Wildman–Crippen MR) is 55.0 cm³/mol. The standard InChI is InChI=1S/C10H20N2O2/c1-3-4-5-12(2)10(14)9-6-8(13)7-11-9/h8-9,11,13H,3-7H2,1-2H3. The fraction of sp³-hybridized carbons (Fsp3) is 0.900. The van der Waals surface area contributed by atoms with Crippen LogP contribution in [0.3, 0.4) is 0 Å². The third kappa shape index (κ3) is 2.96. The second kappa shape index (κ2) is 5.32. The summed E-state index contributed by atoms with van der Waals surface area (Å²) in [6.07, 6.45) is 2.33. The summed E-state index contributed by atoms with van der Waals surface area (Å²) >= 11 is 0. The third-order valence-electron chi connectivity index (χ3n) is 2.63. The number of hydrogen-bond acceptors (Lipinski definition) is 3. The van der Waals surface area contributed by atoms with E-state index < -0.39 is 0 Å². The summed E-state index contributed by atoms with van der Waals surface area (Å²) in [6, 6.07) is -0.174. The van der Waals surface area contributed by atoms with Crippen molar-refractivity contribution in [2.24, 2.45) is 0 Å². The van der Waals surface area contributed by atoms with E-state index in [2.05, 4.69) is 12.2 Å². The Hall–Kier alpha value is -0.610. The lowest BCUT2D eigenvalue weighted by Crippen LogP contribution is -2.41. The van der Waals surface area contributed by atoms with Gasteiger partial charge in [-0.1, -0.05) is 13.3 Å². The van der Waals surface area contributed by atoms with Crippen LogP contribution < -0.4 is 5.32 Å². The van der Waals surface area contributed by atoms with Gasteiger partial charge in [0, 0.05) is 20.1 Å². The highest BCUT2D eigenvalue weighted by Gasteiger charge is 2.29. The first-order valence-corrected chi connectivity index (χ1v) is 5.31. The predicted octanol–water partition coefficient (Wildman–Crippen LogP) is -0.0323. The summed E-state index contributed by atoms with van der Waals surface area (Å²) in [5.41, 5.74) is 0. The van der Waals surface area contributed by atoms with E-state index in [1.165, 1.54) is 0 Å². The Bertz CT molecular complexity index is 197. The molecule has 1 aliphatic rings. The number of carbonyl (C=O) groups is 1. The van der Waals surface area contributed by atoms with E-state index >= 15 is 0 Å². The zero-order chi connectivity index (χ0) is 10.6.